The lowest BCUT2D eigenvalue weighted by atomic mass is 9.70. The van der Waals surface area contributed by atoms with Crippen LogP contribution in [0, 0.1) is 0 Å². The van der Waals surface area contributed by atoms with Crippen LogP contribution in [-0.4, -0.2) is 9.97 Å². The molecule has 0 atom stereocenters. The van der Waals surface area contributed by atoms with Crippen molar-refractivity contribution >= 4 is 55.6 Å². The summed E-state index contributed by atoms with van der Waals surface area (Å²) in [5, 5.41) is 6.66. The monoisotopic (exact) mass is 820 g/mol. The molecule has 63 heavy (non-hydrogen) atoms. The molecule has 0 fully saturated rings. The second-order valence-corrected chi connectivity index (χ2v) is 19.5. The van der Waals surface area contributed by atoms with Gasteiger partial charge in [-0.25, -0.2) is 4.98 Å². The van der Waals surface area contributed by atoms with E-state index in [0.717, 1.165) is 70.9 Å². The van der Waals surface area contributed by atoms with Crippen molar-refractivity contribution < 1.29 is 4.57 Å². The van der Waals surface area contributed by atoms with Crippen LogP contribution in [0.3, 0.4) is 0 Å². The molecular formula is C59H37N2OP. The molecule has 0 radical (unpaired) electrons. The van der Waals surface area contributed by atoms with Gasteiger partial charge in [0, 0.05) is 49.4 Å². The summed E-state index contributed by atoms with van der Waals surface area (Å²) in [6.07, 6.45) is 1.85. The standard InChI is InChI=1S/C59H37N2OP/c62-63(41-19-3-1-4-20-41,42-21-5-2-6-22-42)43-36-39(44-27-15-17-38-18-16-34-60-57(38)44)35-40(37-43)58-56-48(47-25-10-14-31-54(47)61-58)32-33-53-55(56)49-26-9-13-30-52(49)59(53)50-28-11-7-23-45(50)46-24-8-12-29-51(46)59/h1-37H. The summed E-state index contributed by atoms with van der Waals surface area (Å²) >= 11 is 0. The maximum Gasteiger partial charge on any atom is 0.171 e. The number of rotatable bonds is 5. The Kier molecular flexibility index (Phi) is 7.80. The lowest BCUT2D eigenvalue weighted by Crippen LogP contribution is -2.25. The number of hydrogen-bond donors (Lipinski definition) is 0. The number of pyridine rings is 2. The van der Waals surface area contributed by atoms with Gasteiger partial charge in [-0.3, -0.25) is 4.98 Å². The number of nitrogens with zero attached hydrogens (tertiary/aromatic N) is 2. The van der Waals surface area contributed by atoms with Crippen molar-refractivity contribution in [2.24, 2.45) is 0 Å². The van der Waals surface area contributed by atoms with Crippen LogP contribution in [-0.2, 0) is 9.98 Å². The van der Waals surface area contributed by atoms with Crippen LogP contribution in [0.2, 0.25) is 0 Å². The topological polar surface area (TPSA) is 42.9 Å². The van der Waals surface area contributed by atoms with Crippen molar-refractivity contribution in [1.29, 1.82) is 0 Å². The second kappa shape index (κ2) is 13.6. The van der Waals surface area contributed by atoms with Gasteiger partial charge in [-0.15, -0.1) is 0 Å². The Morgan fingerprint density at radius 1 is 0.413 bits per heavy atom. The van der Waals surface area contributed by atoms with Crippen LogP contribution in [0.4, 0.5) is 0 Å². The molecule has 0 bridgehead atoms. The van der Waals surface area contributed by atoms with E-state index in [9.17, 15) is 0 Å². The first-order valence-electron chi connectivity index (χ1n) is 21.5. The smallest absolute Gasteiger partial charge is 0.171 e. The SMILES string of the molecule is O=P(c1ccccc1)(c1ccccc1)c1cc(-c2cccc3cccnc23)cc(-c2nc3ccccc3c3ccc4c(c23)-c2ccccc2C42c3ccccc3-c3ccccc32)c1. The normalized spacial score (nSPS) is 13.3. The van der Waals surface area contributed by atoms with E-state index in [1.165, 1.54) is 44.5 Å². The first-order valence-corrected chi connectivity index (χ1v) is 23.2. The van der Waals surface area contributed by atoms with Gasteiger partial charge in [-0.2, -0.15) is 0 Å². The molecular weight excluding hydrogens is 784 g/mol. The summed E-state index contributed by atoms with van der Waals surface area (Å²) in [5.74, 6) is 0. The van der Waals surface area contributed by atoms with Crippen molar-refractivity contribution in [3.8, 4) is 44.6 Å². The zero-order valence-electron chi connectivity index (χ0n) is 34.1. The summed E-state index contributed by atoms with van der Waals surface area (Å²) in [6, 6.07) is 76.9. The Morgan fingerprint density at radius 3 is 1.70 bits per heavy atom. The Labute approximate surface area is 365 Å². The summed E-state index contributed by atoms with van der Waals surface area (Å²) in [6.45, 7) is 0. The number of hydrogen-bond acceptors (Lipinski definition) is 3. The van der Waals surface area contributed by atoms with E-state index in [0.29, 0.717) is 0 Å². The molecule has 0 amide bonds. The van der Waals surface area contributed by atoms with Crippen LogP contribution >= 0.6 is 7.14 Å². The molecule has 1 spiro atoms. The van der Waals surface area contributed by atoms with Gasteiger partial charge in [-0.05, 0) is 85.8 Å². The molecule has 0 unspecified atom stereocenters. The maximum absolute atomic E-state index is 16.4. The first kappa shape index (κ1) is 36.0. The van der Waals surface area contributed by atoms with Crippen molar-refractivity contribution in [2.75, 3.05) is 0 Å². The Balaban J connectivity index is 1.19. The molecule has 4 heteroatoms. The highest BCUT2D eigenvalue weighted by atomic mass is 31.2. The lowest BCUT2D eigenvalue weighted by molar-refractivity contribution is 0.592. The molecule has 9 aromatic carbocycles. The van der Waals surface area contributed by atoms with Gasteiger partial charge in [0.05, 0.1) is 22.1 Å². The molecule has 13 rings (SSSR count). The minimum atomic E-state index is -3.45. The molecule has 2 aliphatic rings. The number of para-hydroxylation sites is 2. The maximum atomic E-state index is 16.4. The summed E-state index contributed by atoms with van der Waals surface area (Å²) < 4.78 is 16.4. The number of fused-ring (bicyclic) bond motifs is 15. The second-order valence-electron chi connectivity index (χ2n) is 16.7. The highest BCUT2D eigenvalue weighted by molar-refractivity contribution is 7.85. The average Bonchev–Trinajstić information content (AvgIpc) is 3.83. The fraction of sp³-hybridized carbons (Fsp3) is 0.0169. The van der Waals surface area contributed by atoms with Crippen LogP contribution in [0.15, 0.2) is 225 Å². The van der Waals surface area contributed by atoms with Crippen molar-refractivity contribution in [1.82, 2.24) is 9.97 Å². The van der Waals surface area contributed by atoms with Gasteiger partial charge < -0.3 is 4.57 Å². The quantitative estimate of drug-likeness (QED) is 0.128. The highest BCUT2D eigenvalue weighted by Crippen LogP contribution is 2.64. The summed E-state index contributed by atoms with van der Waals surface area (Å²) in [7, 11) is -3.45. The van der Waals surface area contributed by atoms with Gasteiger partial charge >= 0.3 is 0 Å². The third-order valence-corrected chi connectivity index (χ3v) is 16.6. The molecule has 0 aliphatic heterocycles. The van der Waals surface area contributed by atoms with E-state index >= 15 is 4.57 Å². The summed E-state index contributed by atoms with van der Waals surface area (Å²) in [4.78, 5) is 10.6. The van der Waals surface area contributed by atoms with Gasteiger partial charge in [-0.1, -0.05) is 188 Å². The number of benzene rings is 9. The van der Waals surface area contributed by atoms with Gasteiger partial charge in [0.2, 0.25) is 0 Å². The molecule has 0 saturated carbocycles. The molecule has 3 nitrogen and oxygen atoms in total. The van der Waals surface area contributed by atoms with E-state index in [1.54, 1.807) is 0 Å². The van der Waals surface area contributed by atoms with Crippen LogP contribution in [0.5, 0.6) is 0 Å². The Hall–Kier alpha value is -7.71. The Bertz CT molecular complexity index is 3630. The fourth-order valence-electron chi connectivity index (χ4n) is 11.0. The van der Waals surface area contributed by atoms with Gasteiger partial charge in [0.15, 0.2) is 7.14 Å². The minimum Gasteiger partial charge on any atom is -0.309 e. The third-order valence-electron chi connectivity index (χ3n) is 13.6. The van der Waals surface area contributed by atoms with Crippen LogP contribution in [0.1, 0.15) is 22.3 Å². The zero-order valence-corrected chi connectivity index (χ0v) is 35.0. The van der Waals surface area contributed by atoms with Crippen LogP contribution in [0.25, 0.3) is 77.2 Å². The molecule has 0 N–H and O–H groups in total. The van der Waals surface area contributed by atoms with E-state index in [-0.39, 0.29) is 0 Å². The number of aromatic nitrogens is 2. The van der Waals surface area contributed by atoms with Gasteiger partial charge in [0.1, 0.15) is 0 Å². The molecule has 11 aromatic rings. The summed E-state index contributed by atoms with van der Waals surface area (Å²) in [5.41, 5.74) is 15.0. The first-order chi connectivity index (χ1) is 31.1. The van der Waals surface area contributed by atoms with Crippen molar-refractivity contribution in [3.63, 3.8) is 0 Å². The van der Waals surface area contributed by atoms with E-state index in [2.05, 4.69) is 152 Å². The molecule has 0 saturated heterocycles. The molecule has 2 heterocycles. The molecule has 294 valence electrons. The van der Waals surface area contributed by atoms with E-state index in [1.807, 2.05) is 72.9 Å². The lowest BCUT2D eigenvalue weighted by Gasteiger charge is -2.30. The predicted octanol–water partition coefficient (Wildman–Crippen LogP) is 13.3. The van der Waals surface area contributed by atoms with E-state index < -0.39 is 12.6 Å². The Morgan fingerprint density at radius 2 is 0.984 bits per heavy atom. The zero-order chi connectivity index (χ0) is 41.7. The van der Waals surface area contributed by atoms with Crippen LogP contribution < -0.4 is 15.9 Å². The largest absolute Gasteiger partial charge is 0.309 e. The predicted molar refractivity (Wildman–Crippen MR) is 261 cm³/mol. The molecule has 2 aliphatic carbocycles. The highest BCUT2D eigenvalue weighted by Gasteiger charge is 2.52. The van der Waals surface area contributed by atoms with E-state index in [4.69, 9.17) is 9.97 Å². The van der Waals surface area contributed by atoms with Gasteiger partial charge in [0.25, 0.3) is 0 Å². The fourth-order valence-corrected chi connectivity index (χ4v) is 13.7. The third kappa shape index (κ3) is 5.00. The van der Waals surface area contributed by atoms with Crippen molar-refractivity contribution in [3.05, 3.63) is 247 Å². The minimum absolute atomic E-state index is 0.520. The molecule has 2 aromatic heterocycles. The average molecular weight is 821 g/mol. The van der Waals surface area contributed by atoms with Crippen molar-refractivity contribution in [2.45, 2.75) is 5.41 Å².